The molecule has 0 saturated heterocycles. The van der Waals surface area contributed by atoms with Crippen molar-refractivity contribution in [2.75, 3.05) is 14.2 Å². The Labute approximate surface area is 194 Å². The molecule has 0 aromatic heterocycles. The Morgan fingerprint density at radius 2 is 0.788 bits per heavy atom. The number of hydrogen-bond acceptors (Lipinski definition) is 2. The molecule has 0 aliphatic heterocycles. The van der Waals surface area contributed by atoms with Gasteiger partial charge in [0.25, 0.3) is 0 Å². The maximum atomic E-state index is 6.42. The van der Waals surface area contributed by atoms with Gasteiger partial charge in [-0.25, -0.2) is 0 Å². The van der Waals surface area contributed by atoms with Gasteiger partial charge in [-0.05, 0) is 67.4 Å². The molecule has 33 heavy (non-hydrogen) atoms. The summed E-state index contributed by atoms with van der Waals surface area (Å²) in [7, 11) is 0.575. The average Bonchev–Trinajstić information content (AvgIpc) is 2.87. The van der Waals surface area contributed by atoms with Crippen LogP contribution in [0.3, 0.4) is 0 Å². The summed E-state index contributed by atoms with van der Waals surface area (Å²) >= 11 is 0. The van der Waals surface area contributed by atoms with Gasteiger partial charge in [-0.1, -0.05) is 84.9 Å². The number of benzene rings is 6. The van der Waals surface area contributed by atoms with Crippen LogP contribution in [0, 0.1) is 0 Å². The molecule has 0 radical (unpaired) electrons. The molecule has 0 aliphatic carbocycles. The van der Waals surface area contributed by atoms with E-state index < -0.39 is 8.56 Å². The Kier molecular flexibility index (Phi) is 4.77. The van der Waals surface area contributed by atoms with Gasteiger partial charge in [-0.3, -0.25) is 0 Å². The highest BCUT2D eigenvalue weighted by atomic mass is 28.4. The summed E-state index contributed by atoms with van der Waals surface area (Å²) in [5.74, 6) is 0. The molecular formula is C30H24O2Si. The van der Waals surface area contributed by atoms with E-state index in [9.17, 15) is 0 Å². The van der Waals surface area contributed by atoms with Crippen molar-refractivity contribution in [2.24, 2.45) is 0 Å². The summed E-state index contributed by atoms with van der Waals surface area (Å²) in [5.41, 5.74) is 0. The van der Waals surface area contributed by atoms with Crippen molar-refractivity contribution in [3.63, 3.8) is 0 Å². The minimum Gasteiger partial charge on any atom is -0.391 e. The zero-order valence-corrected chi connectivity index (χ0v) is 19.7. The van der Waals surface area contributed by atoms with E-state index in [1.165, 1.54) is 43.1 Å². The van der Waals surface area contributed by atoms with Gasteiger partial charge in [0.2, 0.25) is 0 Å². The van der Waals surface area contributed by atoms with Crippen LogP contribution in [0.2, 0.25) is 0 Å². The summed E-state index contributed by atoms with van der Waals surface area (Å²) in [6, 6.07) is 39.0. The maximum absolute atomic E-state index is 6.42. The van der Waals surface area contributed by atoms with Gasteiger partial charge < -0.3 is 8.85 Å². The van der Waals surface area contributed by atoms with Crippen molar-refractivity contribution >= 4 is 62.0 Å². The maximum Gasteiger partial charge on any atom is 0.407 e. The lowest BCUT2D eigenvalue weighted by molar-refractivity contribution is 0.273. The average molecular weight is 445 g/mol. The molecular weight excluding hydrogens is 420 g/mol. The quantitative estimate of drug-likeness (QED) is 0.240. The highest BCUT2D eigenvalue weighted by molar-refractivity contribution is 6.95. The largest absolute Gasteiger partial charge is 0.407 e. The molecule has 6 aromatic rings. The third-order valence-corrected chi connectivity index (χ3v) is 10.2. The van der Waals surface area contributed by atoms with Gasteiger partial charge in [0.1, 0.15) is 0 Å². The Bertz CT molecular complexity index is 1530. The fourth-order valence-corrected chi connectivity index (χ4v) is 8.29. The fourth-order valence-electron chi connectivity index (χ4n) is 5.18. The molecule has 0 saturated carbocycles. The monoisotopic (exact) mass is 444 g/mol. The second-order valence-electron chi connectivity index (χ2n) is 8.48. The van der Waals surface area contributed by atoms with E-state index in [2.05, 4.69) is 109 Å². The lowest BCUT2D eigenvalue weighted by Crippen LogP contribution is -2.62. The predicted molar refractivity (Wildman–Crippen MR) is 142 cm³/mol. The molecule has 6 aromatic carbocycles. The normalized spacial score (nSPS) is 12.2. The third-order valence-electron chi connectivity index (χ3n) is 6.78. The van der Waals surface area contributed by atoms with Crippen molar-refractivity contribution in [2.45, 2.75) is 0 Å². The van der Waals surface area contributed by atoms with E-state index in [0.29, 0.717) is 0 Å². The van der Waals surface area contributed by atoms with Crippen molar-refractivity contribution in [3.8, 4) is 0 Å². The summed E-state index contributed by atoms with van der Waals surface area (Å²) < 4.78 is 12.8. The van der Waals surface area contributed by atoms with E-state index >= 15 is 0 Å². The number of rotatable bonds is 4. The van der Waals surface area contributed by atoms with Gasteiger partial charge in [0.15, 0.2) is 0 Å². The molecule has 0 spiro atoms. The first-order valence-electron chi connectivity index (χ1n) is 11.2. The lowest BCUT2D eigenvalue weighted by atomic mass is 10.0. The standard InChI is InChI=1S/C30H24O2Si/c1-31-33(32-2,29-15-7-13-25-17-21-9-3-5-11-23(21)19-27(25)29)30-16-8-14-26-18-22-10-4-6-12-24(22)20-28(26)30/h3-20H,1-2H3. The van der Waals surface area contributed by atoms with Crippen LogP contribution >= 0.6 is 0 Å². The Morgan fingerprint density at radius 1 is 0.424 bits per heavy atom. The molecule has 0 unspecified atom stereocenters. The minimum atomic E-state index is -3.00. The predicted octanol–water partition coefficient (Wildman–Crippen LogP) is 6.15. The second kappa shape index (κ2) is 7.82. The highest BCUT2D eigenvalue weighted by Gasteiger charge is 2.43. The van der Waals surface area contributed by atoms with Crippen LogP contribution in [0.1, 0.15) is 0 Å². The molecule has 0 fully saturated rings. The fraction of sp³-hybridized carbons (Fsp3) is 0.0667. The van der Waals surface area contributed by atoms with E-state index in [-0.39, 0.29) is 0 Å². The Balaban J connectivity index is 1.69. The molecule has 0 heterocycles. The molecule has 2 nitrogen and oxygen atoms in total. The second-order valence-corrected chi connectivity index (χ2v) is 11.6. The van der Waals surface area contributed by atoms with Crippen LogP contribution in [-0.2, 0) is 8.85 Å². The molecule has 0 bridgehead atoms. The van der Waals surface area contributed by atoms with Crippen molar-refractivity contribution < 1.29 is 8.85 Å². The van der Waals surface area contributed by atoms with Crippen LogP contribution in [0.25, 0.3) is 43.1 Å². The molecule has 6 rings (SSSR count). The molecule has 0 N–H and O–H groups in total. The first-order chi connectivity index (χ1) is 16.2. The Hall–Kier alpha value is -3.50. The van der Waals surface area contributed by atoms with Crippen LogP contribution in [0.5, 0.6) is 0 Å². The highest BCUT2D eigenvalue weighted by Crippen LogP contribution is 2.27. The smallest absolute Gasteiger partial charge is 0.391 e. The van der Waals surface area contributed by atoms with Crippen LogP contribution < -0.4 is 10.4 Å². The van der Waals surface area contributed by atoms with Crippen LogP contribution in [0.4, 0.5) is 0 Å². The summed E-state index contributed by atoms with van der Waals surface area (Å²) in [5, 5.41) is 11.9. The molecule has 3 heteroatoms. The van der Waals surface area contributed by atoms with Crippen LogP contribution in [0.15, 0.2) is 109 Å². The van der Waals surface area contributed by atoms with Crippen molar-refractivity contribution in [1.29, 1.82) is 0 Å². The van der Waals surface area contributed by atoms with E-state index in [1.807, 2.05) is 0 Å². The first kappa shape index (κ1) is 20.1. The molecule has 0 atom stereocenters. The van der Waals surface area contributed by atoms with Crippen molar-refractivity contribution in [1.82, 2.24) is 0 Å². The van der Waals surface area contributed by atoms with E-state index in [0.717, 1.165) is 10.4 Å². The SMILES string of the molecule is CO[Si](OC)(c1cccc2cc3ccccc3cc12)c1cccc2cc3ccccc3cc12. The number of fused-ring (bicyclic) bond motifs is 4. The molecule has 160 valence electrons. The van der Waals surface area contributed by atoms with Gasteiger partial charge in [0, 0.05) is 24.6 Å². The van der Waals surface area contributed by atoms with E-state index in [4.69, 9.17) is 8.85 Å². The number of hydrogen-bond donors (Lipinski definition) is 0. The third kappa shape index (κ3) is 3.09. The minimum absolute atomic E-state index is 1.14. The van der Waals surface area contributed by atoms with Gasteiger partial charge in [-0.2, -0.15) is 0 Å². The van der Waals surface area contributed by atoms with E-state index in [1.54, 1.807) is 14.2 Å². The lowest BCUT2D eigenvalue weighted by Gasteiger charge is -2.30. The van der Waals surface area contributed by atoms with Gasteiger partial charge in [-0.15, -0.1) is 0 Å². The Morgan fingerprint density at radius 3 is 1.18 bits per heavy atom. The van der Waals surface area contributed by atoms with Gasteiger partial charge in [0.05, 0.1) is 0 Å². The zero-order valence-electron chi connectivity index (χ0n) is 18.7. The topological polar surface area (TPSA) is 18.5 Å². The zero-order chi connectivity index (χ0) is 22.4. The summed E-state index contributed by atoms with van der Waals surface area (Å²) in [6.07, 6.45) is 0. The van der Waals surface area contributed by atoms with Crippen molar-refractivity contribution in [3.05, 3.63) is 109 Å². The molecule has 0 amide bonds. The summed E-state index contributed by atoms with van der Waals surface area (Å²) in [6.45, 7) is 0. The molecule has 0 aliphatic rings. The van der Waals surface area contributed by atoms with Gasteiger partial charge >= 0.3 is 8.56 Å². The first-order valence-corrected chi connectivity index (χ1v) is 13.0. The summed E-state index contributed by atoms with van der Waals surface area (Å²) in [4.78, 5) is 0. The van der Waals surface area contributed by atoms with Crippen LogP contribution in [-0.4, -0.2) is 22.8 Å².